The van der Waals surface area contributed by atoms with Gasteiger partial charge < -0.3 is 4.52 Å². The number of hydrogen-bond donors (Lipinski definition) is 0. The van der Waals surface area contributed by atoms with Crippen molar-refractivity contribution in [3.63, 3.8) is 0 Å². The van der Waals surface area contributed by atoms with Gasteiger partial charge in [-0.15, -0.1) is 6.58 Å². The summed E-state index contributed by atoms with van der Waals surface area (Å²) in [6.07, 6.45) is 13.8. The molecule has 2 heterocycles. The topological polar surface area (TPSA) is 64.7 Å². The van der Waals surface area contributed by atoms with Gasteiger partial charge in [-0.1, -0.05) is 30.5 Å². The molecule has 0 unspecified atom stereocenters. The van der Waals surface area contributed by atoms with Gasteiger partial charge in [0.1, 0.15) is 6.33 Å². The molecule has 0 amide bonds. The van der Waals surface area contributed by atoms with Gasteiger partial charge >= 0.3 is 0 Å². The van der Waals surface area contributed by atoms with Crippen LogP contribution in [0.3, 0.4) is 0 Å². The van der Waals surface area contributed by atoms with Gasteiger partial charge in [0.25, 0.3) is 0 Å². The molecule has 0 saturated heterocycles. The summed E-state index contributed by atoms with van der Waals surface area (Å²) in [7, 11) is 0. The molecule has 1 aliphatic rings. The molecule has 2 aromatic rings. The summed E-state index contributed by atoms with van der Waals surface area (Å²) in [6.45, 7) is 4.01. The third-order valence-electron chi connectivity index (χ3n) is 4.07. The van der Waals surface area contributed by atoms with Crippen LogP contribution in [0.1, 0.15) is 38.0 Å². The van der Waals surface area contributed by atoms with Crippen LogP contribution >= 0.6 is 0 Å². The molecule has 0 radical (unpaired) electrons. The zero-order valence-corrected chi connectivity index (χ0v) is 11.5. The Morgan fingerprint density at radius 3 is 2.65 bits per heavy atom. The van der Waals surface area contributed by atoms with Crippen molar-refractivity contribution in [3.05, 3.63) is 37.3 Å². The van der Waals surface area contributed by atoms with Crippen LogP contribution in [0, 0.1) is 5.41 Å². The highest BCUT2D eigenvalue weighted by Crippen LogP contribution is 2.40. The summed E-state index contributed by atoms with van der Waals surface area (Å²) in [4.78, 5) is 12.4. The second-order valence-corrected chi connectivity index (χ2v) is 5.44. The third kappa shape index (κ3) is 2.61. The molecule has 1 aliphatic carbocycles. The molecule has 2 aromatic heterocycles. The maximum absolute atomic E-state index is 5.38. The Bertz CT molecular complexity index is 573. The van der Waals surface area contributed by atoms with E-state index in [0.717, 1.165) is 24.8 Å². The van der Waals surface area contributed by atoms with Crippen LogP contribution in [0.5, 0.6) is 0 Å². The molecule has 0 bridgehead atoms. The average Bonchev–Trinajstić information content (AvgIpc) is 2.97. The second-order valence-electron chi connectivity index (χ2n) is 5.44. The predicted octanol–water partition coefficient (Wildman–Crippen LogP) is 3.21. The first-order valence-corrected chi connectivity index (χ1v) is 7.03. The standard InChI is InChI=1S/C15H18N4O/c1-2-15(6-4-3-5-7-15)8-13-18-14(19-20-13)12-9-16-11-17-10-12/h2,9-11H,1,3-8H2. The molecule has 104 valence electrons. The van der Waals surface area contributed by atoms with Crippen LogP contribution in [0.25, 0.3) is 11.4 Å². The summed E-state index contributed by atoms with van der Waals surface area (Å²) in [6, 6.07) is 0. The first kappa shape index (κ1) is 13.0. The molecule has 0 aromatic carbocycles. The Labute approximate surface area is 118 Å². The Hall–Kier alpha value is -2.04. The molecule has 5 heteroatoms. The van der Waals surface area contributed by atoms with Crippen molar-refractivity contribution >= 4 is 0 Å². The summed E-state index contributed by atoms with van der Waals surface area (Å²) in [5, 5.41) is 4.02. The minimum atomic E-state index is 0.120. The minimum absolute atomic E-state index is 0.120. The van der Waals surface area contributed by atoms with Crippen molar-refractivity contribution in [2.45, 2.75) is 38.5 Å². The minimum Gasteiger partial charge on any atom is -0.339 e. The normalized spacial score (nSPS) is 17.8. The molecule has 0 atom stereocenters. The summed E-state index contributed by atoms with van der Waals surface area (Å²) >= 11 is 0. The maximum Gasteiger partial charge on any atom is 0.227 e. The highest BCUT2D eigenvalue weighted by molar-refractivity contribution is 5.50. The SMILES string of the molecule is C=CC1(Cc2nc(-c3cncnc3)no2)CCCCC1. The van der Waals surface area contributed by atoms with Gasteiger partial charge in [-0.2, -0.15) is 4.98 Å². The molecule has 0 spiro atoms. The van der Waals surface area contributed by atoms with Crippen LogP contribution in [-0.4, -0.2) is 20.1 Å². The first-order chi connectivity index (χ1) is 9.81. The van der Waals surface area contributed by atoms with Crippen molar-refractivity contribution in [2.75, 3.05) is 0 Å². The van der Waals surface area contributed by atoms with Crippen molar-refractivity contribution < 1.29 is 4.52 Å². The predicted molar refractivity (Wildman–Crippen MR) is 74.7 cm³/mol. The fourth-order valence-electron chi connectivity index (χ4n) is 2.87. The van der Waals surface area contributed by atoms with Crippen LogP contribution in [0.2, 0.25) is 0 Å². The smallest absolute Gasteiger partial charge is 0.227 e. The highest BCUT2D eigenvalue weighted by Gasteiger charge is 2.31. The highest BCUT2D eigenvalue weighted by atomic mass is 16.5. The Morgan fingerprint density at radius 1 is 1.20 bits per heavy atom. The zero-order valence-electron chi connectivity index (χ0n) is 11.5. The van der Waals surface area contributed by atoms with Crippen molar-refractivity contribution in [3.8, 4) is 11.4 Å². The summed E-state index contributed by atoms with van der Waals surface area (Å²) in [5.41, 5.74) is 0.897. The number of hydrogen-bond acceptors (Lipinski definition) is 5. The Morgan fingerprint density at radius 2 is 1.95 bits per heavy atom. The van der Waals surface area contributed by atoms with Crippen molar-refractivity contribution in [1.29, 1.82) is 0 Å². The lowest BCUT2D eigenvalue weighted by atomic mass is 9.72. The fraction of sp³-hybridized carbons (Fsp3) is 0.467. The van der Waals surface area contributed by atoms with Crippen LogP contribution in [0.15, 0.2) is 35.9 Å². The molecule has 1 saturated carbocycles. The lowest BCUT2D eigenvalue weighted by molar-refractivity contribution is 0.228. The van der Waals surface area contributed by atoms with Gasteiger partial charge in [0.05, 0.1) is 5.56 Å². The number of aromatic nitrogens is 4. The molecule has 0 aliphatic heterocycles. The summed E-state index contributed by atoms with van der Waals surface area (Å²) < 4.78 is 5.38. The van der Waals surface area contributed by atoms with E-state index >= 15 is 0 Å². The van der Waals surface area contributed by atoms with Gasteiger partial charge in [0.2, 0.25) is 11.7 Å². The van der Waals surface area contributed by atoms with E-state index in [9.17, 15) is 0 Å². The van der Waals surface area contributed by atoms with E-state index < -0.39 is 0 Å². The monoisotopic (exact) mass is 270 g/mol. The quantitative estimate of drug-likeness (QED) is 0.798. The molecular weight excluding hydrogens is 252 g/mol. The van der Waals surface area contributed by atoms with Gasteiger partial charge in [0.15, 0.2) is 0 Å². The van der Waals surface area contributed by atoms with Crippen molar-refractivity contribution in [1.82, 2.24) is 20.1 Å². The van der Waals surface area contributed by atoms with E-state index in [0.29, 0.717) is 11.7 Å². The number of nitrogens with zero attached hydrogens (tertiary/aromatic N) is 4. The molecule has 5 nitrogen and oxygen atoms in total. The van der Waals surface area contributed by atoms with Crippen LogP contribution in [0.4, 0.5) is 0 Å². The van der Waals surface area contributed by atoms with E-state index in [1.54, 1.807) is 12.4 Å². The zero-order chi connectivity index (χ0) is 13.8. The summed E-state index contributed by atoms with van der Waals surface area (Å²) in [5.74, 6) is 1.22. The Balaban J connectivity index is 1.78. The molecular formula is C15H18N4O. The van der Waals surface area contributed by atoms with E-state index in [4.69, 9.17) is 4.52 Å². The van der Waals surface area contributed by atoms with E-state index in [-0.39, 0.29) is 5.41 Å². The largest absolute Gasteiger partial charge is 0.339 e. The van der Waals surface area contributed by atoms with Gasteiger partial charge in [-0.05, 0) is 18.3 Å². The molecule has 0 N–H and O–H groups in total. The van der Waals surface area contributed by atoms with Gasteiger partial charge in [-0.25, -0.2) is 9.97 Å². The van der Waals surface area contributed by atoms with Gasteiger partial charge in [0, 0.05) is 18.8 Å². The number of allylic oxidation sites excluding steroid dienone is 1. The fourth-order valence-corrected chi connectivity index (χ4v) is 2.87. The lowest BCUT2D eigenvalue weighted by Gasteiger charge is -2.33. The Kier molecular flexibility index (Phi) is 3.58. The van der Waals surface area contributed by atoms with E-state index in [2.05, 4.69) is 32.8 Å². The molecule has 3 rings (SSSR count). The first-order valence-electron chi connectivity index (χ1n) is 7.03. The lowest BCUT2D eigenvalue weighted by Crippen LogP contribution is -2.24. The van der Waals surface area contributed by atoms with E-state index in [1.807, 2.05) is 0 Å². The van der Waals surface area contributed by atoms with Crippen LogP contribution < -0.4 is 0 Å². The van der Waals surface area contributed by atoms with Crippen molar-refractivity contribution in [2.24, 2.45) is 5.41 Å². The molecule has 20 heavy (non-hydrogen) atoms. The third-order valence-corrected chi connectivity index (χ3v) is 4.07. The maximum atomic E-state index is 5.38. The molecule has 1 fully saturated rings. The van der Waals surface area contributed by atoms with Crippen LogP contribution in [-0.2, 0) is 6.42 Å². The number of rotatable bonds is 4. The average molecular weight is 270 g/mol. The second kappa shape index (κ2) is 5.53. The van der Waals surface area contributed by atoms with E-state index in [1.165, 1.54) is 25.6 Å². The van der Waals surface area contributed by atoms with Gasteiger partial charge in [-0.3, -0.25) is 0 Å².